The standard InChI is InChI=1S/C16H20BrNO3/c1-4-6-18-16(11-5-7-21-10-11)12-8-15(20-3)13(17)9-14(12)19-2/h5,7-10,16,18H,4,6H2,1-3H3. The minimum atomic E-state index is 0.000602. The van der Waals surface area contributed by atoms with E-state index in [0.29, 0.717) is 0 Å². The molecule has 114 valence electrons. The van der Waals surface area contributed by atoms with E-state index in [-0.39, 0.29) is 6.04 Å². The molecule has 5 heteroatoms. The average Bonchev–Trinajstić information content (AvgIpc) is 3.02. The number of nitrogens with one attached hydrogen (secondary N) is 1. The first-order chi connectivity index (χ1) is 10.2. The number of methoxy groups -OCH3 is 2. The number of furan rings is 1. The van der Waals surface area contributed by atoms with E-state index in [2.05, 4.69) is 28.2 Å². The van der Waals surface area contributed by atoms with Crippen LogP contribution in [0.1, 0.15) is 30.5 Å². The van der Waals surface area contributed by atoms with Gasteiger partial charge in [-0.3, -0.25) is 0 Å². The number of ether oxygens (including phenoxy) is 2. The molecule has 0 bridgehead atoms. The highest BCUT2D eigenvalue weighted by Gasteiger charge is 2.21. The van der Waals surface area contributed by atoms with Crippen molar-refractivity contribution in [3.05, 3.63) is 46.3 Å². The lowest BCUT2D eigenvalue weighted by molar-refractivity contribution is 0.391. The largest absolute Gasteiger partial charge is 0.496 e. The van der Waals surface area contributed by atoms with Crippen LogP contribution in [-0.4, -0.2) is 20.8 Å². The third kappa shape index (κ3) is 3.60. The molecule has 0 spiro atoms. The highest BCUT2D eigenvalue weighted by atomic mass is 79.9. The molecule has 0 fully saturated rings. The fraction of sp³-hybridized carbons (Fsp3) is 0.375. The second kappa shape index (κ2) is 7.52. The van der Waals surface area contributed by atoms with Gasteiger partial charge in [-0.1, -0.05) is 6.92 Å². The zero-order valence-corrected chi connectivity index (χ0v) is 14.1. The molecule has 0 amide bonds. The Kier molecular flexibility index (Phi) is 5.70. The van der Waals surface area contributed by atoms with Crippen LogP contribution in [0.5, 0.6) is 11.5 Å². The monoisotopic (exact) mass is 353 g/mol. The van der Waals surface area contributed by atoms with Crippen molar-refractivity contribution in [3.8, 4) is 11.5 Å². The van der Waals surface area contributed by atoms with E-state index in [9.17, 15) is 0 Å². The van der Waals surface area contributed by atoms with Crippen molar-refractivity contribution in [1.29, 1.82) is 0 Å². The molecule has 4 nitrogen and oxygen atoms in total. The van der Waals surface area contributed by atoms with Gasteiger partial charge in [-0.2, -0.15) is 0 Å². The lowest BCUT2D eigenvalue weighted by Crippen LogP contribution is -2.23. The molecule has 1 heterocycles. The summed E-state index contributed by atoms with van der Waals surface area (Å²) in [6.07, 6.45) is 4.48. The Morgan fingerprint density at radius 2 is 2.00 bits per heavy atom. The first-order valence-electron chi connectivity index (χ1n) is 6.88. The molecule has 2 aromatic rings. The van der Waals surface area contributed by atoms with E-state index in [1.807, 2.05) is 18.2 Å². The van der Waals surface area contributed by atoms with Crippen LogP contribution >= 0.6 is 15.9 Å². The Labute approximate surface area is 133 Å². The van der Waals surface area contributed by atoms with Gasteiger partial charge in [0.1, 0.15) is 11.5 Å². The van der Waals surface area contributed by atoms with Crippen molar-refractivity contribution in [2.75, 3.05) is 20.8 Å². The summed E-state index contributed by atoms with van der Waals surface area (Å²) in [6, 6.07) is 5.88. The van der Waals surface area contributed by atoms with Crippen molar-refractivity contribution < 1.29 is 13.9 Å². The van der Waals surface area contributed by atoms with Gasteiger partial charge < -0.3 is 19.2 Å². The Hall–Kier alpha value is -1.46. The molecule has 1 aromatic heterocycles. The van der Waals surface area contributed by atoms with Gasteiger partial charge in [0, 0.05) is 11.1 Å². The number of halogens is 1. The third-order valence-electron chi connectivity index (χ3n) is 3.29. The van der Waals surface area contributed by atoms with Crippen LogP contribution in [0, 0.1) is 0 Å². The van der Waals surface area contributed by atoms with E-state index >= 15 is 0 Å². The Balaban J connectivity index is 2.47. The Bertz CT molecular complexity index is 569. The lowest BCUT2D eigenvalue weighted by atomic mass is 9.99. The summed E-state index contributed by atoms with van der Waals surface area (Å²) in [4.78, 5) is 0. The quantitative estimate of drug-likeness (QED) is 0.811. The minimum Gasteiger partial charge on any atom is -0.496 e. The van der Waals surface area contributed by atoms with E-state index in [0.717, 1.165) is 40.1 Å². The molecular formula is C16H20BrNO3. The number of hydrogen-bond acceptors (Lipinski definition) is 4. The molecule has 2 rings (SSSR count). The van der Waals surface area contributed by atoms with E-state index in [1.54, 1.807) is 26.7 Å². The van der Waals surface area contributed by atoms with Crippen molar-refractivity contribution in [1.82, 2.24) is 5.32 Å². The van der Waals surface area contributed by atoms with Gasteiger partial charge in [-0.15, -0.1) is 0 Å². The maximum atomic E-state index is 5.53. The predicted molar refractivity (Wildman–Crippen MR) is 86.1 cm³/mol. The molecule has 0 aliphatic rings. The van der Waals surface area contributed by atoms with Crippen LogP contribution in [0.15, 0.2) is 39.6 Å². The lowest BCUT2D eigenvalue weighted by Gasteiger charge is -2.21. The zero-order valence-electron chi connectivity index (χ0n) is 12.5. The summed E-state index contributed by atoms with van der Waals surface area (Å²) in [5, 5.41) is 3.52. The van der Waals surface area contributed by atoms with Gasteiger partial charge in [0.05, 0.1) is 37.3 Å². The van der Waals surface area contributed by atoms with Crippen molar-refractivity contribution in [2.45, 2.75) is 19.4 Å². The summed E-state index contributed by atoms with van der Waals surface area (Å²) < 4.78 is 17.0. The minimum absolute atomic E-state index is 0.000602. The van der Waals surface area contributed by atoms with Gasteiger partial charge in [0.15, 0.2) is 0 Å². The fourth-order valence-corrected chi connectivity index (χ4v) is 2.73. The second-order valence-electron chi connectivity index (χ2n) is 4.67. The van der Waals surface area contributed by atoms with Crippen molar-refractivity contribution in [3.63, 3.8) is 0 Å². The summed E-state index contributed by atoms with van der Waals surface area (Å²) >= 11 is 3.49. The summed E-state index contributed by atoms with van der Waals surface area (Å²) in [5.74, 6) is 1.58. The zero-order chi connectivity index (χ0) is 15.2. The highest BCUT2D eigenvalue weighted by molar-refractivity contribution is 9.10. The predicted octanol–water partition coefficient (Wildman–Crippen LogP) is 4.15. The first kappa shape index (κ1) is 15.9. The molecule has 0 aliphatic heterocycles. The fourth-order valence-electron chi connectivity index (χ4n) is 2.24. The third-order valence-corrected chi connectivity index (χ3v) is 3.91. The maximum Gasteiger partial charge on any atom is 0.133 e. The normalized spacial score (nSPS) is 12.2. The highest BCUT2D eigenvalue weighted by Crippen LogP contribution is 2.38. The van der Waals surface area contributed by atoms with Crippen LogP contribution in [0.3, 0.4) is 0 Å². The number of benzene rings is 1. The van der Waals surface area contributed by atoms with Crippen molar-refractivity contribution >= 4 is 15.9 Å². The smallest absolute Gasteiger partial charge is 0.133 e. The van der Waals surface area contributed by atoms with Crippen LogP contribution in [0.25, 0.3) is 0 Å². The molecule has 1 N–H and O–H groups in total. The topological polar surface area (TPSA) is 43.6 Å². The van der Waals surface area contributed by atoms with Gasteiger partial charge >= 0.3 is 0 Å². The molecule has 21 heavy (non-hydrogen) atoms. The molecular weight excluding hydrogens is 334 g/mol. The molecule has 0 saturated carbocycles. The first-order valence-corrected chi connectivity index (χ1v) is 7.67. The maximum absolute atomic E-state index is 5.53. The van der Waals surface area contributed by atoms with E-state index in [1.165, 1.54) is 0 Å². The van der Waals surface area contributed by atoms with Crippen LogP contribution < -0.4 is 14.8 Å². The van der Waals surface area contributed by atoms with Gasteiger partial charge in [-0.25, -0.2) is 0 Å². The van der Waals surface area contributed by atoms with Gasteiger partial charge in [0.25, 0.3) is 0 Å². The van der Waals surface area contributed by atoms with Crippen LogP contribution in [0.2, 0.25) is 0 Å². The Morgan fingerprint density at radius 1 is 1.24 bits per heavy atom. The molecule has 1 atom stereocenters. The molecule has 1 aromatic carbocycles. The number of hydrogen-bond donors (Lipinski definition) is 1. The molecule has 0 saturated heterocycles. The summed E-state index contributed by atoms with van der Waals surface area (Å²) in [5.41, 5.74) is 2.08. The van der Waals surface area contributed by atoms with Crippen molar-refractivity contribution in [2.24, 2.45) is 0 Å². The molecule has 1 unspecified atom stereocenters. The number of rotatable bonds is 7. The molecule has 0 radical (unpaired) electrons. The SMILES string of the molecule is CCCNC(c1ccoc1)c1cc(OC)c(Br)cc1OC. The van der Waals surface area contributed by atoms with E-state index in [4.69, 9.17) is 13.9 Å². The Morgan fingerprint density at radius 3 is 2.57 bits per heavy atom. The van der Waals surface area contributed by atoms with Crippen LogP contribution in [0.4, 0.5) is 0 Å². The summed E-state index contributed by atoms with van der Waals surface area (Å²) in [7, 11) is 3.33. The average molecular weight is 354 g/mol. The second-order valence-corrected chi connectivity index (χ2v) is 5.53. The van der Waals surface area contributed by atoms with Gasteiger partial charge in [-0.05, 0) is 47.1 Å². The summed E-state index contributed by atoms with van der Waals surface area (Å²) in [6.45, 7) is 3.04. The molecule has 0 aliphatic carbocycles. The van der Waals surface area contributed by atoms with Crippen LogP contribution in [-0.2, 0) is 0 Å². The van der Waals surface area contributed by atoms with Gasteiger partial charge in [0.2, 0.25) is 0 Å². The van der Waals surface area contributed by atoms with E-state index < -0.39 is 0 Å².